The summed E-state index contributed by atoms with van der Waals surface area (Å²) in [4.78, 5) is 5.67. The minimum absolute atomic E-state index is 0.0548. The second-order valence-electron chi connectivity index (χ2n) is 7.95. The van der Waals surface area contributed by atoms with Crippen LogP contribution in [0.4, 0.5) is 0 Å². The van der Waals surface area contributed by atoms with Gasteiger partial charge in [0.15, 0.2) is 0 Å². The number of aliphatic hydroxyl groups excluding tert-OH is 1. The van der Waals surface area contributed by atoms with Gasteiger partial charge in [0.1, 0.15) is 11.9 Å². The molecule has 0 amide bonds. The highest BCUT2D eigenvalue weighted by Crippen LogP contribution is 2.34. The summed E-state index contributed by atoms with van der Waals surface area (Å²) in [5.74, 6) is 0.0853. The van der Waals surface area contributed by atoms with E-state index in [1.807, 2.05) is 12.1 Å². The molecule has 0 spiro atoms. The topological polar surface area (TPSA) is 48.5 Å². The Labute approximate surface area is 173 Å². The molecule has 2 aromatic rings. The number of aromatic amines is 1. The van der Waals surface area contributed by atoms with Gasteiger partial charge >= 0.3 is 0 Å². The molecule has 1 aliphatic carbocycles. The summed E-state index contributed by atoms with van der Waals surface area (Å²) in [6.07, 6.45) is 11.2. The van der Waals surface area contributed by atoms with Crippen molar-refractivity contribution in [2.75, 3.05) is 13.1 Å². The van der Waals surface area contributed by atoms with Crippen LogP contribution in [0.1, 0.15) is 48.7 Å². The Morgan fingerprint density at radius 2 is 1.97 bits per heavy atom. The molecular weight excluding hydrogens is 360 g/mol. The number of allylic oxidation sites excluding steroid dienone is 3. The molecule has 4 rings (SSSR count). The molecule has 4 heteroatoms. The van der Waals surface area contributed by atoms with Crippen LogP contribution >= 0.6 is 0 Å². The third-order valence-corrected chi connectivity index (χ3v) is 5.80. The molecule has 1 aliphatic heterocycles. The molecule has 152 valence electrons. The van der Waals surface area contributed by atoms with Crippen LogP contribution in [0, 0.1) is 0 Å². The molecule has 1 aromatic heterocycles. The molecule has 1 fully saturated rings. The molecule has 29 heavy (non-hydrogen) atoms. The van der Waals surface area contributed by atoms with Gasteiger partial charge in [-0.15, -0.1) is 0 Å². The monoisotopic (exact) mass is 390 g/mol. The van der Waals surface area contributed by atoms with Crippen molar-refractivity contribution in [3.63, 3.8) is 0 Å². The SMILES string of the molecule is C=C(O)c1ccc(CN2CCC(OC(C3=CC=CCC3)c3ccccc3)CC2)[nH]1. The molecule has 2 N–H and O–H groups in total. The lowest BCUT2D eigenvalue weighted by Gasteiger charge is -2.34. The van der Waals surface area contributed by atoms with Crippen LogP contribution in [-0.2, 0) is 11.3 Å². The van der Waals surface area contributed by atoms with E-state index < -0.39 is 0 Å². The number of ether oxygens (including phenoxy) is 1. The quantitative estimate of drug-likeness (QED) is 0.610. The number of hydrogen-bond donors (Lipinski definition) is 2. The smallest absolute Gasteiger partial charge is 0.131 e. The van der Waals surface area contributed by atoms with Crippen LogP contribution in [0.15, 0.2) is 72.8 Å². The van der Waals surface area contributed by atoms with E-state index in [1.54, 1.807) is 0 Å². The highest BCUT2D eigenvalue weighted by molar-refractivity contribution is 5.52. The Morgan fingerprint density at radius 3 is 2.62 bits per heavy atom. The lowest BCUT2D eigenvalue weighted by Crippen LogP contribution is -2.37. The summed E-state index contributed by atoms with van der Waals surface area (Å²) < 4.78 is 6.67. The van der Waals surface area contributed by atoms with Crippen LogP contribution in [0.3, 0.4) is 0 Å². The maximum Gasteiger partial charge on any atom is 0.131 e. The highest BCUT2D eigenvalue weighted by Gasteiger charge is 2.26. The van der Waals surface area contributed by atoms with Gasteiger partial charge in [0, 0.05) is 25.3 Å². The largest absolute Gasteiger partial charge is 0.506 e. The van der Waals surface area contributed by atoms with Gasteiger partial charge in [0.2, 0.25) is 0 Å². The normalized spacial score (nSPS) is 19.1. The van der Waals surface area contributed by atoms with Gasteiger partial charge in [0.25, 0.3) is 0 Å². The van der Waals surface area contributed by atoms with E-state index in [2.05, 4.69) is 65.0 Å². The lowest BCUT2D eigenvalue weighted by molar-refractivity contribution is -0.0310. The summed E-state index contributed by atoms with van der Waals surface area (Å²) >= 11 is 0. The summed E-state index contributed by atoms with van der Waals surface area (Å²) in [6, 6.07) is 14.5. The fraction of sp³-hybridized carbons (Fsp3) is 0.360. The number of nitrogens with one attached hydrogen (secondary N) is 1. The molecule has 0 bridgehead atoms. The maximum absolute atomic E-state index is 9.50. The summed E-state index contributed by atoms with van der Waals surface area (Å²) in [6.45, 7) is 6.46. The van der Waals surface area contributed by atoms with Gasteiger partial charge in [-0.2, -0.15) is 0 Å². The van der Waals surface area contributed by atoms with Crippen LogP contribution in [0.2, 0.25) is 0 Å². The van der Waals surface area contributed by atoms with E-state index in [0.717, 1.165) is 51.0 Å². The second kappa shape index (κ2) is 9.29. The number of benzene rings is 1. The molecular formula is C25H30N2O2. The number of nitrogens with zero attached hydrogens (tertiary/aromatic N) is 1. The fourth-order valence-electron chi connectivity index (χ4n) is 4.19. The minimum Gasteiger partial charge on any atom is -0.506 e. The Hall–Kier alpha value is -2.56. The standard InChI is InChI=1S/C25H30N2O2/c1-19(28)24-13-12-22(26-24)18-27-16-14-23(15-17-27)29-25(20-8-4-2-5-9-20)21-10-6-3-7-11-21/h2-6,8-10,12-13,23,25-26,28H,1,7,11,14-18H2. The zero-order valence-corrected chi connectivity index (χ0v) is 16.9. The maximum atomic E-state index is 9.50. The number of rotatable bonds is 7. The number of aromatic nitrogens is 1. The third-order valence-electron chi connectivity index (χ3n) is 5.80. The Balaban J connectivity index is 1.36. The average molecular weight is 391 g/mol. The first-order chi connectivity index (χ1) is 14.2. The zero-order valence-electron chi connectivity index (χ0n) is 16.9. The van der Waals surface area contributed by atoms with E-state index in [-0.39, 0.29) is 18.0 Å². The first-order valence-corrected chi connectivity index (χ1v) is 10.5. The van der Waals surface area contributed by atoms with Crippen LogP contribution in [-0.4, -0.2) is 34.2 Å². The van der Waals surface area contributed by atoms with E-state index in [4.69, 9.17) is 4.74 Å². The van der Waals surface area contributed by atoms with Crippen molar-refractivity contribution >= 4 is 5.76 Å². The molecule has 0 radical (unpaired) electrons. The first-order valence-electron chi connectivity index (χ1n) is 10.5. The molecule has 1 atom stereocenters. The van der Waals surface area contributed by atoms with E-state index >= 15 is 0 Å². The first kappa shape index (κ1) is 19.7. The van der Waals surface area contributed by atoms with Crippen LogP contribution in [0.5, 0.6) is 0 Å². The number of H-pyrrole nitrogens is 1. The van der Waals surface area contributed by atoms with Crippen molar-refractivity contribution in [1.29, 1.82) is 0 Å². The van der Waals surface area contributed by atoms with E-state index in [9.17, 15) is 5.11 Å². The van der Waals surface area contributed by atoms with Gasteiger partial charge < -0.3 is 14.8 Å². The average Bonchev–Trinajstić information content (AvgIpc) is 3.23. The van der Waals surface area contributed by atoms with Crippen molar-refractivity contribution in [2.45, 2.75) is 44.4 Å². The Bertz CT molecular complexity index is 873. The summed E-state index contributed by atoms with van der Waals surface area (Å²) in [5.41, 5.74) is 4.43. The highest BCUT2D eigenvalue weighted by atomic mass is 16.5. The molecule has 2 aliphatic rings. The number of piperidine rings is 1. The van der Waals surface area contributed by atoms with E-state index in [1.165, 1.54) is 11.1 Å². The van der Waals surface area contributed by atoms with Crippen LogP contribution in [0.25, 0.3) is 5.76 Å². The number of likely N-dealkylation sites (tertiary alicyclic amines) is 1. The lowest BCUT2D eigenvalue weighted by atomic mass is 9.94. The molecule has 1 saturated heterocycles. The Kier molecular flexibility index (Phi) is 6.33. The zero-order chi connectivity index (χ0) is 20.1. The second-order valence-corrected chi connectivity index (χ2v) is 7.95. The molecule has 2 heterocycles. The minimum atomic E-state index is 0.0548. The van der Waals surface area contributed by atoms with Gasteiger partial charge in [-0.05, 0) is 49.0 Å². The van der Waals surface area contributed by atoms with Crippen molar-refractivity contribution in [1.82, 2.24) is 9.88 Å². The number of aliphatic hydroxyl groups is 1. The van der Waals surface area contributed by atoms with Gasteiger partial charge in [-0.3, -0.25) is 4.90 Å². The van der Waals surface area contributed by atoms with Crippen molar-refractivity contribution in [2.24, 2.45) is 0 Å². The van der Waals surface area contributed by atoms with Gasteiger partial charge in [-0.1, -0.05) is 55.1 Å². The third kappa shape index (κ3) is 5.08. The molecule has 1 aromatic carbocycles. The van der Waals surface area contributed by atoms with Gasteiger partial charge in [0.05, 0.1) is 11.8 Å². The molecule has 1 unspecified atom stereocenters. The fourth-order valence-corrected chi connectivity index (χ4v) is 4.19. The summed E-state index contributed by atoms with van der Waals surface area (Å²) in [7, 11) is 0. The van der Waals surface area contributed by atoms with E-state index in [0.29, 0.717) is 5.69 Å². The Morgan fingerprint density at radius 1 is 1.17 bits per heavy atom. The van der Waals surface area contributed by atoms with Crippen molar-refractivity contribution < 1.29 is 9.84 Å². The summed E-state index contributed by atoms with van der Waals surface area (Å²) in [5, 5.41) is 9.50. The van der Waals surface area contributed by atoms with Crippen molar-refractivity contribution in [3.05, 3.63) is 89.8 Å². The number of hydrogen-bond acceptors (Lipinski definition) is 3. The van der Waals surface area contributed by atoms with Crippen LogP contribution < -0.4 is 0 Å². The van der Waals surface area contributed by atoms with Crippen molar-refractivity contribution in [3.8, 4) is 0 Å². The molecule has 0 saturated carbocycles. The predicted octanol–water partition coefficient (Wildman–Crippen LogP) is 5.54. The molecule has 4 nitrogen and oxygen atoms in total. The predicted molar refractivity (Wildman–Crippen MR) is 117 cm³/mol. The van der Waals surface area contributed by atoms with Gasteiger partial charge in [-0.25, -0.2) is 0 Å².